The number of hydrogen-bond donors (Lipinski definition) is 2. The molecule has 0 aliphatic heterocycles. The SMILES string of the molecule is CCn1cnnc1CNC(=O)NC(=O)C(C)Cl. The summed E-state index contributed by atoms with van der Waals surface area (Å²) in [6.07, 6.45) is 1.57. The van der Waals surface area contributed by atoms with Gasteiger partial charge in [-0.25, -0.2) is 4.79 Å². The highest BCUT2D eigenvalue weighted by molar-refractivity contribution is 6.31. The molecular formula is C9H14ClN5O2. The number of imide groups is 1. The van der Waals surface area contributed by atoms with Crippen LogP contribution in [-0.2, 0) is 17.9 Å². The highest BCUT2D eigenvalue weighted by Crippen LogP contribution is 1.94. The first kappa shape index (κ1) is 13.4. The third-order valence-electron chi connectivity index (χ3n) is 2.04. The third-order valence-corrected chi connectivity index (χ3v) is 2.24. The standard InChI is InChI=1S/C9H14ClN5O2/c1-3-15-5-12-14-7(15)4-11-9(17)13-8(16)6(2)10/h5-6H,3-4H2,1-2H3,(H2,11,13,16,17). The second kappa shape index (κ2) is 6.19. The molecule has 0 fully saturated rings. The van der Waals surface area contributed by atoms with E-state index in [1.54, 1.807) is 10.9 Å². The van der Waals surface area contributed by atoms with E-state index in [4.69, 9.17) is 11.6 Å². The summed E-state index contributed by atoms with van der Waals surface area (Å²) in [5, 5.41) is 11.4. The minimum atomic E-state index is -0.750. The molecule has 1 rings (SSSR count). The number of nitrogens with one attached hydrogen (secondary N) is 2. The van der Waals surface area contributed by atoms with Crippen LogP contribution in [0, 0.1) is 0 Å². The molecule has 1 heterocycles. The summed E-state index contributed by atoms with van der Waals surface area (Å²) < 4.78 is 1.78. The molecule has 0 aromatic carbocycles. The molecular weight excluding hydrogens is 246 g/mol. The smallest absolute Gasteiger partial charge is 0.321 e. The number of urea groups is 1. The van der Waals surface area contributed by atoms with Crippen LogP contribution < -0.4 is 10.6 Å². The van der Waals surface area contributed by atoms with E-state index in [0.717, 1.165) is 0 Å². The topological polar surface area (TPSA) is 88.9 Å². The lowest BCUT2D eigenvalue weighted by atomic mass is 10.4. The average molecular weight is 260 g/mol. The van der Waals surface area contributed by atoms with Crippen LogP contribution in [0.2, 0.25) is 0 Å². The Labute approximate surface area is 104 Å². The second-order valence-corrected chi connectivity index (χ2v) is 3.98. The summed E-state index contributed by atoms with van der Waals surface area (Å²) in [6, 6.07) is -0.604. The zero-order chi connectivity index (χ0) is 12.8. The van der Waals surface area contributed by atoms with Gasteiger partial charge in [0.2, 0.25) is 5.91 Å². The zero-order valence-electron chi connectivity index (χ0n) is 9.61. The average Bonchev–Trinajstić information content (AvgIpc) is 2.73. The molecule has 0 aliphatic rings. The monoisotopic (exact) mass is 259 g/mol. The largest absolute Gasteiger partial charge is 0.330 e. The summed E-state index contributed by atoms with van der Waals surface area (Å²) in [6.45, 7) is 4.33. The predicted octanol–water partition coefficient (Wildman–Crippen LogP) is 0.251. The van der Waals surface area contributed by atoms with Crippen LogP contribution in [0.5, 0.6) is 0 Å². The van der Waals surface area contributed by atoms with Gasteiger partial charge in [-0.2, -0.15) is 0 Å². The highest BCUT2D eigenvalue weighted by atomic mass is 35.5. The molecule has 1 unspecified atom stereocenters. The number of aryl methyl sites for hydroxylation is 1. The van der Waals surface area contributed by atoms with Crippen LogP contribution in [-0.4, -0.2) is 32.1 Å². The minimum absolute atomic E-state index is 0.198. The Bertz CT molecular complexity index is 404. The Morgan fingerprint density at radius 3 is 2.88 bits per heavy atom. The number of amides is 3. The van der Waals surface area contributed by atoms with Crippen molar-refractivity contribution in [2.75, 3.05) is 0 Å². The number of carbonyl (C=O) groups is 2. The van der Waals surface area contributed by atoms with E-state index in [-0.39, 0.29) is 6.54 Å². The second-order valence-electron chi connectivity index (χ2n) is 3.32. The molecule has 8 heteroatoms. The van der Waals surface area contributed by atoms with Crippen molar-refractivity contribution in [3.8, 4) is 0 Å². The van der Waals surface area contributed by atoms with Gasteiger partial charge in [-0.1, -0.05) is 0 Å². The molecule has 1 aromatic heterocycles. The van der Waals surface area contributed by atoms with Gasteiger partial charge in [-0.3, -0.25) is 10.1 Å². The zero-order valence-corrected chi connectivity index (χ0v) is 10.4. The molecule has 94 valence electrons. The Morgan fingerprint density at radius 2 is 2.29 bits per heavy atom. The van der Waals surface area contributed by atoms with Crippen molar-refractivity contribution in [2.24, 2.45) is 0 Å². The van der Waals surface area contributed by atoms with Gasteiger partial charge in [-0.05, 0) is 13.8 Å². The molecule has 0 saturated heterocycles. The Balaban J connectivity index is 2.41. The van der Waals surface area contributed by atoms with Crippen molar-refractivity contribution >= 4 is 23.5 Å². The molecule has 0 bridgehead atoms. The molecule has 2 N–H and O–H groups in total. The van der Waals surface area contributed by atoms with E-state index < -0.39 is 17.3 Å². The Hall–Kier alpha value is -1.63. The number of alkyl halides is 1. The van der Waals surface area contributed by atoms with E-state index in [2.05, 4.69) is 20.8 Å². The fourth-order valence-electron chi connectivity index (χ4n) is 1.09. The first-order chi connectivity index (χ1) is 8.04. The van der Waals surface area contributed by atoms with Gasteiger partial charge in [0.15, 0.2) is 5.82 Å². The van der Waals surface area contributed by atoms with E-state index in [1.807, 2.05) is 6.92 Å². The number of halogens is 1. The Kier molecular flexibility index (Phi) is 4.89. The molecule has 0 saturated carbocycles. The van der Waals surface area contributed by atoms with Gasteiger partial charge in [0, 0.05) is 6.54 Å². The third kappa shape index (κ3) is 4.03. The lowest BCUT2D eigenvalue weighted by Gasteiger charge is -2.07. The van der Waals surface area contributed by atoms with Crippen LogP contribution in [0.15, 0.2) is 6.33 Å². The molecule has 1 atom stereocenters. The number of aromatic nitrogens is 3. The van der Waals surface area contributed by atoms with Crippen LogP contribution >= 0.6 is 11.6 Å². The number of carbonyl (C=O) groups excluding carboxylic acids is 2. The van der Waals surface area contributed by atoms with Crippen molar-refractivity contribution in [1.29, 1.82) is 0 Å². The van der Waals surface area contributed by atoms with E-state index in [1.165, 1.54) is 6.92 Å². The summed E-state index contributed by atoms with van der Waals surface area (Å²) in [7, 11) is 0. The molecule has 7 nitrogen and oxygen atoms in total. The maximum absolute atomic E-state index is 11.3. The van der Waals surface area contributed by atoms with Gasteiger partial charge in [-0.15, -0.1) is 21.8 Å². The van der Waals surface area contributed by atoms with Gasteiger partial charge in [0.05, 0.1) is 6.54 Å². The highest BCUT2D eigenvalue weighted by Gasteiger charge is 2.13. The van der Waals surface area contributed by atoms with Crippen molar-refractivity contribution in [2.45, 2.75) is 32.3 Å². The van der Waals surface area contributed by atoms with Crippen LogP contribution in [0.1, 0.15) is 19.7 Å². The molecule has 1 aromatic rings. The molecule has 3 amide bonds. The van der Waals surface area contributed by atoms with Crippen molar-refractivity contribution in [1.82, 2.24) is 25.4 Å². The van der Waals surface area contributed by atoms with Gasteiger partial charge >= 0.3 is 6.03 Å². The van der Waals surface area contributed by atoms with Crippen LogP contribution in [0.25, 0.3) is 0 Å². The van der Waals surface area contributed by atoms with E-state index in [9.17, 15) is 9.59 Å². The van der Waals surface area contributed by atoms with Crippen molar-refractivity contribution < 1.29 is 9.59 Å². The Morgan fingerprint density at radius 1 is 1.59 bits per heavy atom. The number of nitrogens with zero attached hydrogens (tertiary/aromatic N) is 3. The number of rotatable bonds is 4. The lowest BCUT2D eigenvalue weighted by Crippen LogP contribution is -2.42. The summed E-state index contributed by atoms with van der Waals surface area (Å²) >= 11 is 5.50. The first-order valence-corrected chi connectivity index (χ1v) is 5.57. The normalized spacial score (nSPS) is 11.9. The van der Waals surface area contributed by atoms with Gasteiger partial charge < -0.3 is 9.88 Å². The minimum Gasteiger partial charge on any atom is -0.330 e. The van der Waals surface area contributed by atoms with E-state index in [0.29, 0.717) is 12.4 Å². The predicted molar refractivity (Wildman–Crippen MR) is 61.4 cm³/mol. The van der Waals surface area contributed by atoms with Crippen molar-refractivity contribution in [3.05, 3.63) is 12.2 Å². The van der Waals surface area contributed by atoms with Crippen LogP contribution in [0.4, 0.5) is 4.79 Å². The lowest BCUT2D eigenvalue weighted by molar-refractivity contribution is -0.119. The molecule has 0 spiro atoms. The fourth-order valence-corrected chi connectivity index (χ4v) is 1.15. The summed E-state index contributed by atoms with van der Waals surface area (Å²) in [4.78, 5) is 22.4. The quantitative estimate of drug-likeness (QED) is 0.759. The van der Waals surface area contributed by atoms with E-state index >= 15 is 0 Å². The summed E-state index contributed by atoms with van der Waals surface area (Å²) in [5.41, 5.74) is 0. The summed E-state index contributed by atoms with van der Waals surface area (Å²) in [5.74, 6) is 0.0788. The molecule has 0 aliphatic carbocycles. The maximum Gasteiger partial charge on any atom is 0.321 e. The van der Waals surface area contributed by atoms with Crippen molar-refractivity contribution in [3.63, 3.8) is 0 Å². The fraction of sp³-hybridized carbons (Fsp3) is 0.556. The molecule has 0 radical (unpaired) electrons. The molecule has 17 heavy (non-hydrogen) atoms. The first-order valence-electron chi connectivity index (χ1n) is 5.14. The van der Waals surface area contributed by atoms with Gasteiger partial charge in [0.1, 0.15) is 11.7 Å². The maximum atomic E-state index is 11.3. The van der Waals surface area contributed by atoms with Gasteiger partial charge in [0.25, 0.3) is 0 Å². The number of hydrogen-bond acceptors (Lipinski definition) is 4. The van der Waals surface area contributed by atoms with Crippen LogP contribution in [0.3, 0.4) is 0 Å².